The summed E-state index contributed by atoms with van der Waals surface area (Å²) >= 11 is 0. The van der Waals surface area contributed by atoms with Crippen molar-refractivity contribution < 1.29 is 31.8 Å². The van der Waals surface area contributed by atoms with Gasteiger partial charge >= 0.3 is 6.36 Å². The molecule has 1 fully saturated rings. The van der Waals surface area contributed by atoms with Crippen LogP contribution in [0.5, 0.6) is 5.75 Å². The number of anilines is 1. The summed E-state index contributed by atoms with van der Waals surface area (Å²) in [6.07, 6.45) is 0.770. The average Bonchev–Trinajstić information content (AvgIpc) is 2.83. The lowest BCUT2D eigenvalue weighted by atomic mass is 9.86. The van der Waals surface area contributed by atoms with Crippen molar-refractivity contribution in [1.29, 1.82) is 0 Å². The Balaban J connectivity index is 1.40. The van der Waals surface area contributed by atoms with E-state index in [4.69, 9.17) is 4.74 Å². The van der Waals surface area contributed by atoms with Crippen LogP contribution < -0.4 is 15.4 Å². The summed E-state index contributed by atoms with van der Waals surface area (Å²) in [6, 6.07) is 2.93. The second kappa shape index (κ2) is 10.8. The summed E-state index contributed by atoms with van der Waals surface area (Å²) in [4.78, 5) is 22.1. The number of benzene rings is 1. The Bertz CT molecular complexity index is 1040. The molecule has 2 aromatic rings. The number of halogens is 4. The molecule has 0 spiro atoms. The van der Waals surface area contributed by atoms with Gasteiger partial charge in [-0.1, -0.05) is 13.0 Å². The molecule has 0 unspecified atom stereocenters. The maximum absolute atomic E-state index is 14.2. The summed E-state index contributed by atoms with van der Waals surface area (Å²) < 4.78 is 60.5. The molecule has 1 aliphatic heterocycles. The maximum Gasteiger partial charge on any atom is 0.573 e. The van der Waals surface area contributed by atoms with E-state index in [1.165, 1.54) is 6.07 Å². The summed E-state index contributed by atoms with van der Waals surface area (Å²) in [5, 5.41) is 6.26. The zero-order valence-electron chi connectivity index (χ0n) is 19.3. The minimum Gasteiger partial charge on any atom is -0.403 e. The van der Waals surface area contributed by atoms with Gasteiger partial charge in [0, 0.05) is 43.5 Å². The van der Waals surface area contributed by atoms with Crippen molar-refractivity contribution in [2.45, 2.75) is 63.9 Å². The van der Waals surface area contributed by atoms with Gasteiger partial charge in [-0.15, -0.1) is 13.2 Å². The first kappa shape index (κ1) is 25.2. The number of fused-ring (bicyclic) bond motifs is 1. The third-order valence-corrected chi connectivity index (χ3v) is 6.39. The summed E-state index contributed by atoms with van der Waals surface area (Å²) in [6.45, 7) is 3.21. The highest BCUT2D eigenvalue weighted by molar-refractivity contribution is 5.79. The molecular formula is C24H28F4N4O3. The molecule has 2 aliphatic rings. The highest BCUT2D eigenvalue weighted by Gasteiger charge is 2.33. The minimum absolute atomic E-state index is 0.198. The summed E-state index contributed by atoms with van der Waals surface area (Å²) in [7, 11) is 0. The van der Waals surface area contributed by atoms with Gasteiger partial charge in [0.1, 0.15) is 0 Å². The van der Waals surface area contributed by atoms with Crippen LogP contribution in [0.4, 0.5) is 23.5 Å². The van der Waals surface area contributed by atoms with Gasteiger partial charge in [0.05, 0.1) is 6.04 Å². The molecule has 1 aromatic carbocycles. The molecule has 7 nitrogen and oxygen atoms in total. The number of nitrogens with one attached hydrogen (secondary N) is 2. The Morgan fingerprint density at radius 3 is 2.71 bits per heavy atom. The molecule has 11 heteroatoms. The number of ether oxygens (including phenoxy) is 2. The lowest BCUT2D eigenvalue weighted by Gasteiger charge is -2.27. The predicted octanol–water partition coefficient (Wildman–Crippen LogP) is 4.48. The topological polar surface area (TPSA) is 85.4 Å². The summed E-state index contributed by atoms with van der Waals surface area (Å²) in [5.41, 5.74) is 2.21. The smallest absolute Gasteiger partial charge is 0.403 e. The van der Waals surface area contributed by atoms with Crippen molar-refractivity contribution >= 4 is 11.9 Å². The number of hydrogen-bond acceptors (Lipinski definition) is 6. The summed E-state index contributed by atoms with van der Waals surface area (Å²) in [5.74, 6) is -2.02. The Labute approximate surface area is 200 Å². The fraction of sp³-hybridized carbons (Fsp3) is 0.542. The molecule has 2 atom stereocenters. The van der Waals surface area contributed by atoms with Crippen molar-refractivity contribution in [1.82, 2.24) is 15.3 Å². The first-order valence-corrected chi connectivity index (χ1v) is 11.8. The number of carbonyl (C=O) groups is 1. The van der Waals surface area contributed by atoms with Crippen LogP contribution in [-0.2, 0) is 22.4 Å². The molecule has 4 rings (SSSR count). The molecule has 190 valence electrons. The van der Waals surface area contributed by atoms with Crippen molar-refractivity contribution in [3.63, 3.8) is 0 Å². The van der Waals surface area contributed by atoms with Crippen LogP contribution in [-0.4, -0.2) is 41.5 Å². The van der Waals surface area contributed by atoms with Gasteiger partial charge in [0.15, 0.2) is 11.6 Å². The Kier molecular flexibility index (Phi) is 7.73. The first-order chi connectivity index (χ1) is 16.7. The second-order valence-corrected chi connectivity index (χ2v) is 8.84. The van der Waals surface area contributed by atoms with E-state index in [-0.39, 0.29) is 17.9 Å². The van der Waals surface area contributed by atoms with E-state index in [9.17, 15) is 22.4 Å². The van der Waals surface area contributed by atoms with E-state index in [1.54, 1.807) is 13.1 Å². The van der Waals surface area contributed by atoms with E-state index < -0.39 is 24.0 Å². The largest absolute Gasteiger partial charge is 0.573 e. The molecule has 35 heavy (non-hydrogen) atoms. The van der Waals surface area contributed by atoms with Gasteiger partial charge in [0.2, 0.25) is 11.9 Å². The molecule has 1 aromatic heterocycles. The highest BCUT2D eigenvalue weighted by Crippen LogP contribution is 2.30. The molecule has 1 saturated heterocycles. The lowest BCUT2D eigenvalue weighted by Crippen LogP contribution is -2.37. The third-order valence-electron chi connectivity index (χ3n) is 6.39. The van der Waals surface area contributed by atoms with Crippen molar-refractivity contribution in [3.05, 3.63) is 47.0 Å². The fourth-order valence-corrected chi connectivity index (χ4v) is 4.46. The zero-order valence-corrected chi connectivity index (χ0v) is 19.3. The monoisotopic (exact) mass is 496 g/mol. The van der Waals surface area contributed by atoms with Crippen LogP contribution in [0.1, 0.15) is 55.5 Å². The molecule has 0 saturated carbocycles. The van der Waals surface area contributed by atoms with E-state index >= 15 is 0 Å². The molecule has 2 N–H and O–H groups in total. The maximum atomic E-state index is 14.2. The minimum atomic E-state index is -4.98. The molecule has 1 amide bonds. The number of aromatic nitrogens is 2. The molecule has 1 aliphatic carbocycles. The van der Waals surface area contributed by atoms with Gasteiger partial charge in [-0.2, -0.15) is 0 Å². The number of alkyl halides is 3. The number of hydrogen-bond donors (Lipinski definition) is 2. The number of nitrogens with zero attached hydrogens (tertiary/aromatic N) is 2. The third kappa shape index (κ3) is 6.59. The second-order valence-electron chi connectivity index (χ2n) is 8.84. The number of rotatable bonds is 7. The number of amides is 1. The van der Waals surface area contributed by atoms with Gasteiger partial charge in [-0.25, -0.2) is 14.4 Å². The van der Waals surface area contributed by atoms with Gasteiger partial charge in [-0.05, 0) is 55.4 Å². The molecule has 0 radical (unpaired) electrons. The van der Waals surface area contributed by atoms with Crippen LogP contribution in [0.25, 0.3) is 0 Å². The quantitative estimate of drug-likeness (QED) is 0.550. The zero-order chi connectivity index (χ0) is 25.0. The molecular weight excluding hydrogens is 468 g/mol. The van der Waals surface area contributed by atoms with Crippen molar-refractivity contribution in [3.8, 4) is 5.75 Å². The van der Waals surface area contributed by atoms with Crippen LogP contribution in [0.15, 0.2) is 24.4 Å². The lowest BCUT2D eigenvalue weighted by molar-refractivity contribution is -0.275. The Morgan fingerprint density at radius 1 is 1.26 bits per heavy atom. The van der Waals surface area contributed by atoms with Crippen LogP contribution >= 0.6 is 0 Å². The van der Waals surface area contributed by atoms with E-state index in [2.05, 4.69) is 25.3 Å². The highest BCUT2D eigenvalue weighted by atomic mass is 19.4. The first-order valence-electron chi connectivity index (χ1n) is 11.8. The standard InChI is InChI=1S/C24H28F4N4O3/c1-2-19(14-5-6-21(18(25)11-14)35-24(26,27)28)31-22(33)15-3-4-16-13-29-23(32-20(16)12-15)30-17-7-9-34-10-8-17/h5-6,11,13,15,17,19H,2-4,7-10,12H2,1H3,(H,31,33)(H,29,30,32)/t15-,19+/m0/s1. The Morgan fingerprint density at radius 2 is 2.03 bits per heavy atom. The predicted molar refractivity (Wildman–Crippen MR) is 119 cm³/mol. The molecule has 2 heterocycles. The number of aryl methyl sites for hydroxylation is 1. The number of carbonyl (C=O) groups excluding carboxylic acids is 1. The average molecular weight is 497 g/mol. The van der Waals surface area contributed by atoms with Gasteiger partial charge in [-0.3, -0.25) is 4.79 Å². The van der Waals surface area contributed by atoms with Crippen LogP contribution in [0, 0.1) is 11.7 Å². The van der Waals surface area contributed by atoms with Gasteiger partial charge in [0.25, 0.3) is 0 Å². The normalized spacial score (nSPS) is 19.5. The van der Waals surface area contributed by atoms with Crippen molar-refractivity contribution in [2.75, 3.05) is 18.5 Å². The van der Waals surface area contributed by atoms with E-state index in [1.807, 2.05) is 0 Å². The van der Waals surface area contributed by atoms with Crippen LogP contribution in [0.2, 0.25) is 0 Å². The molecule has 0 bridgehead atoms. The Hall–Kier alpha value is -2.95. The van der Waals surface area contributed by atoms with Crippen molar-refractivity contribution in [2.24, 2.45) is 5.92 Å². The SMILES string of the molecule is CC[C@@H](NC(=O)[C@H]1CCc2cnc(NC3CCOCC3)nc2C1)c1ccc(OC(F)(F)F)c(F)c1. The van der Waals surface area contributed by atoms with Gasteiger partial charge < -0.3 is 20.1 Å². The van der Waals surface area contributed by atoms with E-state index in [0.29, 0.717) is 50.4 Å². The van der Waals surface area contributed by atoms with E-state index in [0.717, 1.165) is 36.2 Å². The van der Waals surface area contributed by atoms with Crippen LogP contribution in [0.3, 0.4) is 0 Å². The fourth-order valence-electron chi connectivity index (χ4n) is 4.46.